The molecule has 0 radical (unpaired) electrons. The molecule has 268 valence electrons. The number of thiophene rings is 2. The van der Waals surface area contributed by atoms with Gasteiger partial charge in [-0.15, -0.1) is 45.9 Å². The summed E-state index contributed by atoms with van der Waals surface area (Å²) in [7, 11) is 0. The van der Waals surface area contributed by atoms with Crippen LogP contribution in [0.25, 0.3) is 20.2 Å². The molecule has 50 heavy (non-hydrogen) atoms. The van der Waals surface area contributed by atoms with Crippen LogP contribution < -0.4 is 14.5 Å². The summed E-state index contributed by atoms with van der Waals surface area (Å²) >= 11 is 15.7. The van der Waals surface area contributed by atoms with E-state index in [9.17, 15) is 35.1 Å². The van der Waals surface area contributed by atoms with Crippen molar-refractivity contribution in [3.8, 4) is 11.5 Å². The average Bonchev–Trinajstić information content (AvgIpc) is 3.87. The Balaban J connectivity index is 1.11. The first-order chi connectivity index (χ1) is 24.0. The topological polar surface area (TPSA) is 160 Å². The standard InChI is InChI=1S/C35H38Cl2N2O9S2/c1-15-13-49-33-21(41)6-19-28(26(15)33)17(8-36)10-38(19)24(42)4-3-5-25(43)39-11-18(9-37)29-20(39)7-22(34-27(29)16(2)14-50-34)47-35-32(46)31(45)30(44)23(12-40)48-35/h6-7,13-14,17-18,23,30-32,35,40-41,44-46H,3-5,8-12H2,1-2H3/t17-,18-,23-,30+,31+,32-,35-/m1/s1. The van der Waals surface area contributed by atoms with Crippen LogP contribution in [0, 0.1) is 13.8 Å². The second kappa shape index (κ2) is 14.0. The van der Waals surface area contributed by atoms with Crippen molar-refractivity contribution in [2.75, 3.05) is 41.3 Å². The van der Waals surface area contributed by atoms with E-state index in [-0.39, 0.29) is 48.1 Å². The second-order valence-corrected chi connectivity index (χ2v) is 15.6. The van der Waals surface area contributed by atoms with E-state index < -0.39 is 37.3 Å². The maximum Gasteiger partial charge on any atom is 0.229 e. The maximum absolute atomic E-state index is 13.9. The highest BCUT2D eigenvalue weighted by Gasteiger charge is 2.45. The number of carbonyl (C=O) groups excluding carboxylic acids is 2. The van der Waals surface area contributed by atoms with E-state index in [4.69, 9.17) is 32.7 Å². The van der Waals surface area contributed by atoms with Crippen LogP contribution >= 0.6 is 45.9 Å². The van der Waals surface area contributed by atoms with Crippen LogP contribution in [0.15, 0.2) is 22.9 Å². The van der Waals surface area contributed by atoms with Crippen LogP contribution in [0.3, 0.4) is 0 Å². The number of ether oxygens (including phenoxy) is 2. The number of rotatable bonds is 9. The minimum Gasteiger partial charge on any atom is -0.506 e. The van der Waals surface area contributed by atoms with Gasteiger partial charge in [0.1, 0.15) is 35.9 Å². The summed E-state index contributed by atoms with van der Waals surface area (Å²) in [5.41, 5.74) is 5.15. The molecule has 0 saturated carbocycles. The Labute approximate surface area is 306 Å². The molecule has 0 aliphatic carbocycles. The molecule has 15 heteroatoms. The van der Waals surface area contributed by atoms with E-state index >= 15 is 0 Å². The lowest BCUT2D eigenvalue weighted by Crippen LogP contribution is -2.60. The van der Waals surface area contributed by atoms with Gasteiger partial charge in [0.2, 0.25) is 18.1 Å². The summed E-state index contributed by atoms with van der Waals surface area (Å²) < 4.78 is 13.3. The summed E-state index contributed by atoms with van der Waals surface area (Å²) in [6.45, 7) is 4.09. The van der Waals surface area contributed by atoms with Gasteiger partial charge in [-0.3, -0.25) is 9.59 Å². The van der Waals surface area contributed by atoms with Gasteiger partial charge in [-0.25, -0.2) is 0 Å². The number of nitrogens with zero attached hydrogens (tertiary/aromatic N) is 2. The Morgan fingerprint density at radius 2 is 1.40 bits per heavy atom. The van der Waals surface area contributed by atoms with Crippen LogP contribution in [-0.4, -0.2) is 99.5 Å². The number of anilines is 2. The number of benzene rings is 2. The summed E-state index contributed by atoms with van der Waals surface area (Å²) in [5, 5.41) is 57.4. The highest BCUT2D eigenvalue weighted by atomic mass is 35.5. The fraction of sp³-hybridized carbons (Fsp3) is 0.486. The van der Waals surface area contributed by atoms with Crippen LogP contribution in [0.5, 0.6) is 11.5 Å². The number of aliphatic hydroxyl groups excluding tert-OH is 4. The predicted octanol–water partition coefficient (Wildman–Crippen LogP) is 4.83. The average molecular weight is 766 g/mol. The molecule has 11 nitrogen and oxygen atoms in total. The van der Waals surface area contributed by atoms with Gasteiger partial charge in [0, 0.05) is 72.4 Å². The van der Waals surface area contributed by atoms with E-state index in [1.54, 1.807) is 21.9 Å². The molecule has 2 aromatic heterocycles. The van der Waals surface area contributed by atoms with E-state index in [2.05, 4.69) is 0 Å². The molecule has 7 rings (SSSR count). The van der Waals surface area contributed by atoms with Crippen LogP contribution in [0.1, 0.15) is 53.4 Å². The highest BCUT2D eigenvalue weighted by Crippen LogP contribution is 2.50. The molecule has 0 unspecified atom stereocenters. The third kappa shape index (κ3) is 5.84. The Morgan fingerprint density at radius 1 is 0.860 bits per heavy atom. The van der Waals surface area contributed by atoms with Gasteiger partial charge in [-0.05, 0) is 53.3 Å². The largest absolute Gasteiger partial charge is 0.506 e. The number of aliphatic hydroxyl groups is 4. The van der Waals surface area contributed by atoms with Crippen molar-refractivity contribution in [3.05, 3.63) is 45.1 Å². The van der Waals surface area contributed by atoms with Gasteiger partial charge < -0.3 is 44.8 Å². The van der Waals surface area contributed by atoms with Gasteiger partial charge >= 0.3 is 0 Å². The van der Waals surface area contributed by atoms with E-state index in [0.29, 0.717) is 42.5 Å². The number of hydrogen-bond donors (Lipinski definition) is 5. The van der Waals surface area contributed by atoms with Crippen molar-refractivity contribution in [2.24, 2.45) is 0 Å². The monoisotopic (exact) mass is 764 g/mol. The smallest absolute Gasteiger partial charge is 0.229 e. The summed E-state index contributed by atoms with van der Waals surface area (Å²) in [4.78, 5) is 30.8. The van der Waals surface area contributed by atoms with Gasteiger partial charge in [0.25, 0.3) is 0 Å². The molecule has 7 atom stereocenters. The van der Waals surface area contributed by atoms with Crippen molar-refractivity contribution in [1.82, 2.24) is 0 Å². The molecule has 0 spiro atoms. The summed E-state index contributed by atoms with van der Waals surface area (Å²) in [6, 6.07) is 3.35. The second-order valence-electron chi connectivity index (χ2n) is 13.3. The van der Waals surface area contributed by atoms with Crippen LogP contribution in [-0.2, 0) is 14.3 Å². The number of fused-ring (bicyclic) bond motifs is 6. The fourth-order valence-corrected chi connectivity index (χ4v) is 10.1. The highest BCUT2D eigenvalue weighted by molar-refractivity contribution is 7.18. The van der Waals surface area contributed by atoms with E-state index in [1.807, 2.05) is 24.6 Å². The van der Waals surface area contributed by atoms with E-state index in [0.717, 1.165) is 42.4 Å². The molecular formula is C35H38Cl2N2O9S2. The van der Waals surface area contributed by atoms with Crippen LogP contribution in [0.2, 0.25) is 0 Å². The Hall–Kier alpha value is -2.72. The number of carbonyl (C=O) groups is 2. The van der Waals surface area contributed by atoms with Gasteiger partial charge in [-0.2, -0.15) is 0 Å². The molecule has 5 heterocycles. The van der Waals surface area contributed by atoms with Crippen LogP contribution in [0.4, 0.5) is 11.4 Å². The fourth-order valence-electron chi connectivity index (χ4n) is 7.58. The first-order valence-electron chi connectivity index (χ1n) is 16.5. The summed E-state index contributed by atoms with van der Waals surface area (Å²) in [6.07, 6.45) is -6.77. The Bertz CT molecular complexity index is 1970. The molecule has 4 aromatic rings. The number of alkyl halides is 2. The van der Waals surface area contributed by atoms with Crippen molar-refractivity contribution in [3.63, 3.8) is 0 Å². The molecular weight excluding hydrogens is 727 g/mol. The SMILES string of the molecule is Cc1csc2c(O)cc3c(c12)[C@H](CCl)CN3C(=O)CCCC(=O)N1C[C@@H](CCl)c2c1cc(O[C@@H]1O[C@H](CO)[C@H](O)[C@H](O)[C@H]1O)c1scc(C)c21. The molecule has 0 bridgehead atoms. The molecule has 3 aliphatic rings. The molecule has 1 saturated heterocycles. The predicted molar refractivity (Wildman–Crippen MR) is 195 cm³/mol. The molecule has 3 aliphatic heterocycles. The molecule has 2 aromatic carbocycles. The quantitative estimate of drug-likeness (QED) is 0.151. The minimum atomic E-state index is -1.61. The lowest BCUT2D eigenvalue weighted by atomic mass is 9.97. The Morgan fingerprint density at radius 3 is 1.96 bits per heavy atom. The van der Waals surface area contributed by atoms with Crippen molar-refractivity contribution in [1.29, 1.82) is 0 Å². The number of hydrogen-bond acceptors (Lipinski definition) is 11. The maximum atomic E-state index is 13.9. The lowest BCUT2D eigenvalue weighted by Gasteiger charge is -2.39. The zero-order chi connectivity index (χ0) is 35.6. The van der Waals surface area contributed by atoms with Crippen molar-refractivity contribution < 1.29 is 44.6 Å². The van der Waals surface area contributed by atoms with E-state index in [1.165, 1.54) is 22.7 Å². The molecule has 1 fully saturated rings. The summed E-state index contributed by atoms with van der Waals surface area (Å²) in [5.74, 6) is 0.477. The van der Waals surface area contributed by atoms with Crippen molar-refractivity contribution in [2.45, 2.75) is 75.7 Å². The van der Waals surface area contributed by atoms with Crippen molar-refractivity contribution >= 4 is 89.2 Å². The number of phenolic OH excluding ortho intramolecular Hbond substituents is 1. The third-order valence-electron chi connectivity index (χ3n) is 10.1. The van der Waals surface area contributed by atoms with Gasteiger partial charge in [0.15, 0.2) is 0 Å². The van der Waals surface area contributed by atoms with Gasteiger partial charge in [-0.1, -0.05) is 0 Å². The lowest BCUT2D eigenvalue weighted by molar-refractivity contribution is -0.277. The minimum absolute atomic E-state index is 0.0703. The number of halogens is 2. The number of amides is 2. The Kier molecular flexibility index (Phi) is 10.00. The number of aromatic hydroxyl groups is 1. The zero-order valence-electron chi connectivity index (χ0n) is 27.3. The van der Waals surface area contributed by atoms with Gasteiger partial charge in [0.05, 0.1) is 27.4 Å². The number of aryl methyl sites for hydroxylation is 2. The first-order valence-corrected chi connectivity index (χ1v) is 19.3. The zero-order valence-corrected chi connectivity index (χ0v) is 30.5. The number of phenols is 1. The normalized spacial score (nSPS) is 26.2. The molecule has 5 N–H and O–H groups in total. The molecule has 2 amide bonds. The third-order valence-corrected chi connectivity index (χ3v) is 13.1. The first kappa shape index (κ1) is 35.7.